The Bertz CT molecular complexity index is 446. The van der Waals surface area contributed by atoms with Crippen molar-refractivity contribution >= 4 is 23.4 Å². The SMILES string of the molecule is CCCCN(C)C(=O)CNC(=O)Cc1ccc(Cl)cc1. The van der Waals surface area contributed by atoms with Gasteiger partial charge in [0.2, 0.25) is 11.8 Å². The van der Waals surface area contributed by atoms with Gasteiger partial charge in [0.1, 0.15) is 0 Å². The van der Waals surface area contributed by atoms with Crippen molar-refractivity contribution in [1.29, 1.82) is 0 Å². The van der Waals surface area contributed by atoms with Crippen LogP contribution in [0.4, 0.5) is 0 Å². The molecule has 1 aromatic rings. The van der Waals surface area contributed by atoms with E-state index in [2.05, 4.69) is 12.2 Å². The number of unbranched alkanes of at least 4 members (excludes halogenated alkanes) is 1. The first-order valence-corrected chi connectivity index (χ1v) is 7.15. The lowest BCUT2D eigenvalue weighted by Gasteiger charge is -2.16. The molecule has 0 saturated carbocycles. The van der Waals surface area contributed by atoms with Crippen LogP contribution < -0.4 is 5.32 Å². The number of benzene rings is 1. The van der Waals surface area contributed by atoms with Gasteiger partial charge in [-0.1, -0.05) is 37.1 Å². The molecule has 0 aliphatic heterocycles. The Morgan fingerprint density at radius 3 is 2.50 bits per heavy atom. The number of likely N-dealkylation sites (N-methyl/N-ethyl adjacent to an activating group) is 1. The second-order valence-corrected chi connectivity index (χ2v) is 5.19. The van der Waals surface area contributed by atoms with Gasteiger partial charge in [0, 0.05) is 18.6 Å². The van der Waals surface area contributed by atoms with E-state index < -0.39 is 0 Å². The largest absolute Gasteiger partial charge is 0.347 e. The Hall–Kier alpha value is -1.55. The number of nitrogens with one attached hydrogen (secondary N) is 1. The smallest absolute Gasteiger partial charge is 0.241 e. The van der Waals surface area contributed by atoms with E-state index in [9.17, 15) is 9.59 Å². The number of carbonyl (C=O) groups excluding carboxylic acids is 2. The third kappa shape index (κ3) is 6.06. The van der Waals surface area contributed by atoms with Gasteiger partial charge in [0.05, 0.1) is 13.0 Å². The predicted octanol–water partition coefficient (Wildman–Crippen LogP) is 2.26. The quantitative estimate of drug-likeness (QED) is 0.839. The molecule has 20 heavy (non-hydrogen) atoms. The number of nitrogens with zero attached hydrogens (tertiary/aromatic N) is 1. The number of hydrogen-bond acceptors (Lipinski definition) is 2. The minimum Gasteiger partial charge on any atom is -0.347 e. The molecule has 1 aromatic carbocycles. The molecule has 110 valence electrons. The zero-order valence-electron chi connectivity index (χ0n) is 12.0. The number of amides is 2. The molecule has 0 heterocycles. The van der Waals surface area contributed by atoms with Crippen molar-refractivity contribution in [2.24, 2.45) is 0 Å². The molecule has 0 radical (unpaired) electrons. The summed E-state index contributed by atoms with van der Waals surface area (Å²) in [7, 11) is 1.75. The summed E-state index contributed by atoms with van der Waals surface area (Å²) in [6.07, 6.45) is 2.27. The molecule has 5 heteroatoms. The molecule has 0 saturated heterocycles. The zero-order valence-corrected chi connectivity index (χ0v) is 12.7. The zero-order chi connectivity index (χ0) is 15.0. The van der Waals surface area contributed by atoms with Crippen molar-refractivity contribution in [2.45, 2.75) is 26.2 Å². The van der Waals surface area contributed by atoms with Crippen molar-refractivity contribution in [2.75, 3.05) is 20.1 Å². The first kappa shape index (κ1) is 16.5. The Morgan fingerprint density at radius 2 is 1.90 bits per heavy atom. The maximum Gasteiger partial charge on any atom is 0.241 e. The van der Waals surface area contributed by atoms with E-state index in [0.717, 1.165) is 24.9 Å². The first-order valence-electron chi connectivity index (χ1n) is 6.78. The minimum atomic E-state index is -0.162. The van der Waals surface area contributed by atoms with Gasteiger partial charge < -0.3 is 10.2 Å². The van der Waals surface area contributed by atoms with E-state index >= 15 is 0 Å². The summed E-state index contributed by atoms with van der Waals surface area (Å²) in [5.41, 5.74) is 0.874. The Morgan fingerprint density at radius 1 is 1.25 bits per heavy atom. The summed E-state index contributed by atoms with van der Waals surface area (Å²) in [5, 5.41) is 3.28. The molecule has 0 fully saturated rings. The second kappa shape index (κ2) is 8.59. The van der Waals surface area contributed by atoms with Crippen molar-refractivity contribution < 1.29 is 9.59 Å². The minimum absolute atomic E-state index is 0.0483. The van der Waals surface area contributed by atoms with Crippen LogP contribution >= 0.6 is 11.6 Å². The molecular formula is C15H21ClN2O2. The lowest BCUT2D eigenvalue weighted by molar-refractivity contribution is -0.131. The molecule has 2 amide bonds. The third-order valence-electron chi connectivity index (χ3n) is 2.99. The molecule has 0 bridgehead atoms. The fraction of sp³-hybridized carbons (Fsp3) is 0.467. The van der Waals surface area contributed by atoms with E-state index in [0.29, 0.717) is 5.02 Å². The van der Waals surface area contributed by atoms with Crippen molar-refractivity contribution in [1.82, 2.24) is 10.2 Å². The van der Waals surface area contributed by atoms with Gasteiger partial charge in [0.25, 0.3) is 0 Å². The first-order chi connectivity index (χ1) is 9.52. The molecule has 0 spiro atoms. The van der Waals surface area contributed by atoms with Crippen LogP contribution in [0.25, 0.3) is 0 Å². The lowest BCUT2D eigenvalue weighted by atomic mass is 10.1. The van der Waals surface area contributed by atoms with E-state index in [4.69, 9.17) is 11.6 Å². The number of rotatable bonds is 7. The summed E-state index contributed by atoms with van der Waals surface area (Å²) in [6.45, 7) is 2.85. The number of hydrogen-bond donors (Lipinski definition) is 1. The third-order valence-corrected chi connectivity index (χ3v) is 3.24. The molecule has 4 nitrogen and oxygen atoms in total. The Balaban J connectivity index is 2.32. The maximum absolute atomic E-state index is 11.7. The highest BCUT2D eigenvalue weighted by molar-refractivity contribution is 6.30. The average Bonchev–Trinajstić information content (AvgIpc) is 2.44. The van der Waals surface area contributed by atoms with Crippen LogP contribution in [0.3, 0.4) is 0 Å². The van der Waals surface area contributed by atoms with Crippen LogP contribution in [0.2, 0.25) is 5.02 Å². The van der Waals surface area contributed by atoms with Crippen LogP contribution in [0.15, 0.2) is 24.3 Å². The van der Waals surface area contributed by atoms with E-state index in [1.54, 1.807) is 36.2 Å². The predicted molar refractivity (Wildman–Crippen MR) is 80.7 cm³/mol. The molecule has 1 rings (SSSR count). The van der Waals surface area contributed by atoms with Crippen molar-refractivity contribution in [3.63, 3.8) is 0 Å². The van der Waals surface area contributed by atoms with Crippen molar-refractivity contribution in [3.05, 3.63) is 34.9 Å². The molecule has 0 aliphatic rings. The van der Waals surface area contributed by atoms with E-state index in [1.165, 1.54) is 0 Å². The maximum atomic E-state index is 11.7. The van der Waals surface area contributed by atoms with Gasteiger partial charge >= 0.3 is 0 Å². The standard InChI is InChI=1S/C15H21ClN2O2/c1-3-4-9-18(2)15(20)11-17-14(19)10-12-5-7-13(16)8-6-12/h5-8H,3-4,9-11H2,1-2H3,(H,17,19). The lowest BCUT2D eigenvalue weighted by Crippen LogP contribution is -2.39. The summed E-state index contributed by atoms with van der Waals surface area (Å²) in [5.74, 6) is -0.229. The van der Waals surface area contributed by atoms with Gasteiger partial charge in [0.15, 0.2) is 0 Å². The van der Waals surface area contributed by atoms with Gasteiger partial charge in [-0.25, -0.2) is 0 Å². The molecular weight excluding hydrogens is 276 g/mol. The summed E-state index contributed by atoms with van der Waals surface area (Å²) in [6, 6.07) is 7.09. The van der Waals surface area contributed by atoms with E-state index in [1.807, 2.05) is 0 Å². The number of halogens is 1. The van der Waals surface area contributed by atoms with Crippen LogP contribution in [0.1, 0.15) is 25.3 Å². The average molecular weight is 297 g/mol. The molecule has 0 atom stereocenters. The molecule has 0 aliphatic carbocycles. The highest BCUT2D eigenvalue weighted by atomic mass is 35.5. The van der Waals surface area contributed by atoms with E-state index in [-0.39, 0.29) is 24.8 Å². The normalized spacial score (nSPS) is 10.2. The Kier molecular flexibility index (Phi) is 7.09. The van der Waals surface area contributed by atoms with Gasteiger partial charge in [-0.3, -0.25) is 9.59 Å². The topological polar surface area (TPSA) is 49.4 Å². The molecule has 0 unspecified atom stereocenters. The summed E-state index contributed by atoms with van der Waals surface area (Å²) >= 11 is 5.78. The fourth-order valence-electron chi connectivity index (χ4n) is 1.68. The van der Waals surface area contributed by atoms with Gasteiger partial charge in [-0.15, -0.1) is 0 Å². The van der Waals surface area contributed by atoms with Crippen LogP contribution in [0, 0.1) is 0 Å². The Labute approximate surface area is 125 Å². The van der Waals surface area contributed by atoms with Crippen molar-refractivity contribution in [3.8, 4) is 0 Å². The van der Waals surface area contributed by atoms with Gasteiger partial charge in [-0.2, -0.15) is 0 Å². The van der Waals surface area contributed by atoms with Crippen LogP contribution in [0.5, 0.6) is 0 Å². The molecule has 0 aromatic heterocycles. The van der Waals surface area contributed by atoms with Crippen LogP contribution in [-0.2, 0) is 16.0 Å². The summed E-state index contributed by atoms with van der Waals surface area (Å²) in [4.78, 5) is 25.1. The van der Waals surface area contributed by atoms with Crippen LogP contribution in [-0.4, -0.2) is 36.9 Å². The monoisotopic (exact) mass is 296 g/mol. The highest BCUT2D eigenvalue weighted by Crippen LogP contribution is 2.09. The second-order valence-electron chi connectivity index (χ2n) is 4.75. The van der Waals surface area contributed by atoms with Gasteiger partial charge in [-0.05, 0) is 24.1 Å². The molecule has 1 N–H and O–H groups in total. The number of carbonyl (C=O) groups is 2. The highest BCUT2D eigenvalue weighted by Gasteiger charge is 2.10. The summed E-state index contributed by atoms with van der Waals surface area (Å²) < 4.78 is 0. The fourth-order valence-corrected chi connectivity index (χ4v) is 1.81.